The van der Waals surface area contributed by atoms with Gasteiger partial charge in [0, 0.05) is 12.1 Å². The van der Waals surface area contributed by atoms with E-state index in [1.807, 2.05) is 0 Å². The average Bonchev–Trinajstić information content (AvgIpc) is 2.61. The zero-order valence-corrected chi connectivity index (χ0v) is 6.28. The van der Waals surface area contributed by atoms with Crippen molar-refractivity contribution < 1.29 is 0 Å². The molecule has 1 N–H and O–H groups in total. The van der Waals surface area contributed by atoms with Gasteiger partial charge in [-0.2, -0.15) is 0 Å². The van der Waals surface area contributed by atoms with Gasteiger partial charge in [0.05, 0.1) is 0 Å². The molecule has 1 spiro atoms. The fraction of sp³-hybridized carbons (Fsp3) is 1.00. The van der Waals surface area contributed by atoms with E-state index in [2.05, 4.69) is 19.2 Å². The van der Waals surface area contributed by atoms with E-state index in [4.69, 9.17) is 0 Å². The highest BCUT2D eigenvalue weighted by atomic mass is 15.1. The van der Waals surface area contributed by atoms with Crippen LogP contribution in [0.15, 0.2) is 0 Å². The Labute approximate surface area is 56.8 Å². The summed E-state index contributed by atoms with van der Waals surface area (Å²) < 4.78 is 0. The van der Waals surface area contributed by atoms with Gasteiger partial charge in [-0.05, 0) is 18.3 Å². The summed E-state index contributed by atoms with van der Waals surface area (Å²) in [7, 11) is 0. The Hall–Kier alpha value is -0.0400. The molecule has 1 nitrogen and oxygen atoms in total. The molecule has 0 aromatic carbocycles. The predicted octanol–water partition coefficient (Wildman–Crippen LogP) is 1.39. The van der Waals surface area contributed by atoms with Crippen LogP contribution < -0.4 is 5.32 Å². The fourth-order valence-corrected chi connectivity index (χ4v) is 2.25. The van der Waals surface area contributed by atoms with E-state index < -0.39 is 0 Å². The summed E-state index contributed by atoms with van der Waals surface area (Å²) in [4.78, 5) is 0. The van der Waals surface area contributed by atoms with Gasteiger partial charge in [0.15, 0.2) is 0 Å². The Morgan fingerprint density at radius 1 is 1.67 bits per heavy atom. The molecule has 0 bridgehead atoms. The van der Waals surface area contributed by atoms with Crippen LogP contribution in [-0.4, -0.2) is 12.1 Å². The van der Waals surface area contributed by atoms with Gasteiger partial charge in [-0.1, -0.05) is 20.3 Å². The number of hydrogen-bond acceptors (Lipinski definition) is 1. The van der Waals surface area contributed by atoms with E-state index in [0.29, 0.717) is 5.54 Å². The van der Waals surface area contributed by atoms with Crippen molar-refractivity contribution in [3.63, 3.8) is 0 Å². The maximum atomic E-state index is 3.55. The van der Waals surface area contributed by atoms with E-state index in [1.165, 1.54) is 19.4 Å². The molecule has 2 fully saturated rings. The minimum absolute atomic E-state index is 0.648. The van der Waals surface area contributed by atoms with Crippen molar-refractivity contribution in [2.24, 2.45) is 11.8 Å². The zero-order valence-electron chi connectivity index (χ0n) is 6.28. The van der Waals surface area contributed by atoms with Gasteiger partial charge in [-0.15, -0.1) is 0 Å². The molecule has 3 unspecified atom stereocenters. The molecule has 2 aliphatic rings. The summed E-state index contributed by atoms with van der Waals surface area (Å²) in [6.07, 6.45) is 2.82. The minimum atomic E-state index is 0.648. The lowest BCUT2D eigenvalue weighted by atomic mass is 9.88. The molecule has 1 saturated heterocycles. The molecule has 52 valence electrons. The second-order valence-corrected chi connectivity index (χ2v) is 3.63. The Bertz CT molecular complexity index is 133. The summed E-state index contributed by atoms with van der Waals surface area (Å²) >= 11 is 0. The lowest BCUT2D eigenvalue weighted by Crippen LogP contribution is -2.55. The highest BCUT2D eigenvalue weighted by molar-refractivity contribution is 5.18. The van der Waals surface area contributed by atoms with Gasteiger partial charge in [0.25, 0.3) is 0 Å². The van der Waals surface area contributed by atoms with Crippen LogP contribution in [0.2, 0.25) is 0 Å². The summed E-state index contributed by atoms with van der Waals surface area (Å²) in [5.41, 5.74) is 0.648. The van der Waals surface area contributed by atoms with Crippen molar-refractivity contribution in [3.05, 3.63) is 0 Å². The second-order valence-electron chi connectivity index (χ2n) is 3.63. The van der Waals surface area contributed by atoms with Crippen molar-refractivity contribution >= 4 is 0 Å². The third-order valence-corrected chi connectivity index (χ3v) is 3.26. The topological polar surface area (TPSA) is 12.0 Å². The smallest absolute Gasteiger partial charge is 0.0251 e. The number of hydrogen-bond donors (Lipinski definition) is 1. The molecule has 0 amide bonds. The first-order chi connectivity index (χ1) is 4.29. The molecule has 2 rings (SSSR count). The van der Waals surface area contributed by atoms with Crippen molar-refractivity contribution in [2.75, 3.05) is 6.54 Å². The Morgan fingerprint density at radius 2 is 2.44 bits per heavy atom. The van der Waals surface area contributed by atoms with Crippen LogP contribution in [0.1, 0.15) is 26.7 Å². The molecule has 0 radical (unpaired) electrons. The van der Waals surface area contributed by atoms with E-state index in [-0.39, 0.29) is 0 Å². The van der Waals surface area contributed by atoms with Gasteiger partial charge in [0.2, 0.25) is 0 Å². The van der Waals surface area contributed by atoms with Crippen LogP contribution >= 0.6 is 0 Å². The molecular formula is C8H15N. The van der Waals surface area contributed by atoms with E-state index >= 15 is 0 Å². The van der Waals surface area contributed by atoms with Crippen molar-refractivity contribution in [1.29, 1.82) is 0 Å². The Balaban J connectivity index is 1.98. The fourth-order valence-electron chi connectivity index (χ4n) is 2.25. The zero-order chi connectivity index (χ0) is 6.48. The molecule has 1 aliphatic heterocycles. The normalized spacial score (nSPS) is 55.3. The first-order valence-corrected chi connectivity index (χ1v) is 4.04. The molecule has 0 aromatic heterocycles. The quantitative estimate of drug-likeness (QED) is 0.558. The molecule has 1 heterocycles. The van der Waals surface area contributed by atoms with Crippen LogP contribution in [0.3, 0.4) is 0 Å². The Kier molecular flexibility index (Phi) is 0.963. The van der Waals surface area contributed by atoms with Crippen molar-refractivity contribution in [1.82, 2.24) is 5.32 Å². The number of rotatable bonds is 1. The van der Waals surface area contributed by atoms with E-state index in [1.54, 1.807) is 0 Å². The van der Waals surface area contributed by atoms with Crippen molar-refractivity contribution in [2.45, 2.75) is 32.2 Å². The van der Waals surface area contributed by atoms with Crippen LogP contribution in [0.4, 0.5) is 0 Å². The Morgan fingerprint density at radius 3 is 2.56 bits per heavy atom. The molecule has 1 heteroatoms. The minimum Gasteiger partial charge on any atom is -0.310 e. The molecule has 9 heavy (non-hydrogen) atoms. The second kappa shape index (κ2) is 1.51. The largest absolute Gasteiger partial charge is 0.310 e. The average molecular weight is 125 g/mol. The standard InChI is InChI=1S/C8H15N/c1-3-7-4-8(7)6(2)5-9-8/h6-7,9H,3-5H2,1-2H3. The van der Waals surface area contributed by atoms with Crippen LogP contribution in [0.25, 0.3) is 0 Å². The lowest BCUT2D eigenvalue weighted by Gasteiger charge is -2.37. The maximum absolute atomic E-state index is 3.55. The molecule has 1 saturated carbocycles. The molecular weight excluding hydrogens is 110 g/mol. The summed E-state index contributed by atoms with van der Waals surface area (Å²) in [6.45, 7) is 5.93. The summed E-state index contributed by atoms with van der Waals surface area (Å²) in [6, 6.07) is 0. The third kappa shape index (κ3) is 0.536. The first-order valence-electron chi connectivity index (χ1n) is 4.04. The first kappa shape index (κ1) is 5.72. The summed E-state index contributed by atoms with van der Waals surface area (Å²) in [5.74, 6) is 1.98. The van der Waals surface area contributed by atoms with Crippen LogP contribution in [-0.2, 0) is 0 Å². The monoisotopic (exact) mass is 125 g/mol. The molecule has 1 aliphatic carbocycles. The highest BCUT2D eigenvalue weighted by Gasteiger charge is 2.60. The third-order valence-electron chi connectivity index (χ3n) is 3.26. The van der Waals surface area contributed by atoms with Gasteiger partial charge in [-0.3, -0.25) is 0 Å². The van der Waals surface area contributed by atoms with E-state index in [9.17, 15) is 0 Å². The lowest BCUT2D eigenvalue weighted by molar-refractivity contribution is 0.207. The van der Waals surface area contributed by atoms with Crippen molar-refractivity contribution in [3.8, 4) is 0 Å². The SMILES string of the molecule is CCC1CC12NCC2C. The predicted molar refractivity (Wildman–Crippen MR) is 38.3 cm³/mol. The van der Waals surface area contributed by atoms with Gasteiger partial charge < -0.3 is 5.32 Å². The van der Waals surface area contributed by atoms with Gasteiger partial charge in [-0.25, -0.2) is 0 Å². The maximum Gasteiger partial charge on any atom is 0.0251 e. The van der Waals surface area contributed by atoms with Gasteiger partial charge in [0.1, 0.15) is 0 Å². The highest BCUT2D eigenvalue weighted by Crippen LogP contribution is 2.54. The molecule has 0 aromatic rings. The van der Waals surface area contributed by atoms with Gasteiger partial charge >= 0.3 is 0 Å². The summed E-state index contributed by atoms with van der Waals surface area (Å²) in [5, 5.41) is 3.55. The van der Waals surface area contributed by atoms with E-state index in [0.717, 1.165) is 11.8 Å². The number of nitrogens with one attached hydrogen (secondary N) is 1. The van der Waals surface area contributed by atoms with Crippen LogP contribution in [0.5, 0.6) is 0 Å². The molecule has 3 atom stereocenters. The van der Waals surface area contributed by atoms with Crippen LogP contribution in [0, 0.1) is 11.8 Å².